The molecule has 0 saturated carbocycles. The maximum atomic E-state index is 12.4. The molecule has 11 nitrogen and oxygen atoms in total. The van der Waals surface area contributed by atoms with E-state index in [4.69, 9.17) is 21.1 Å². The highest BCUT2D eigenvalue weighted by atomic mass is 32.2. The molecule has 1 aromatic heterocycles. The van der Waals surface area contributed by atoms with Crippen molar-refractivity contribution in [3.05, 3.63) is 30.2 Å². The first-order valence-electron chi connectivity index (χ1n) is 7.49. The average Bonchev–Trinajstić information content (AvgIpc) is 3.03. The predicted octanol–water partition coefficient (Wildman–Crippen LogP) is 0.241. The van der Waals surface area contributed by atoms with E-state index in [2.05, 4.69) is 15.1 Å². The number of amides is 1. The van der Waals surface area contributed by atoms with E-state index in [0.29, 0.717) is 16.3 Å². The van der Waals surface area contributed by atoms with Crippen LogP contribution < -0.4 is 11.5 Å². The van der Waals surface area contributed by atoms with E-state index >= 15 is 0 Å². The van der Waals surface area contributed by atoms with Crippen molar-refractivity contribution in [1.29, 1.82) is 0 Å². The van der Waals surface area contributed by atoms with Crippen LogP contribution in [0.4, 0.5) is 4.79 Å². The number of carboxylic acid groups (broad SMARTS) is 1. The normalized spacial score (nSPS) is 11.1. The van der Waals surface area contributed by atoms with Gasteiger partial charge in [0.05, 0.1) is 11.4 Å². The number of rotatable bonds is 7. The minimum atomic E-state index is -4.20. The number of carbonyl (C=O) groups is 1. The van der Waals surface area contributed by atoms with Crippen LogP contribution in [-0.2, 0) is 16.4 Å². The maximum Gasteiger partial charge on any atom is 0.421 e. The quantitative estimate of drug-likeness (QED) is 0.447. The number of aromatic nitrogens is 2. The first-order chi connectivity index (χ1) is 12.3. The largest absolute Gasteiger partial charge is 0.464 e. The summed E-state index contributed by atoms with van der Waals surface area (Å²) in [6, 6.07) is 5.63. The number of hydrogen-bond donors (Lipinski definition) is 3. The molecule has 0 aliphatic carbocycles. The molecule has 0 aliphatic rings. The van der Waals surface area contributed by atoms with Gasteiger partial charge in [-0.1, -0.05) is 17.3 Å². The van der Waals surface area contributed by atoms with Gasteiger partial charge in [-0.15, -0.1) is 0 Å². The monoisotopic (exact) mass is 382 g/mol. The number of aliphatic imine (C=N–C) groups is 1. The average molecular weight is 382 g/mol. The maximum absolute atomic E-state index is 12.4. The molecular formula is C14H18N6O5S. The number of guanidine groups is 1. The van der Waals surface area contributed by atoms with Crippen LogP contribution in [0.1, 0.15) is 12.8 Å². The van der Waals surface area contributed by atoms with Crippen molar-refractivity contribution in [3.63, 3.8) is 0 Å². The Morgan fingerprint density at radius 3 is 2.73 bits per heavy atom. The Kier molecular flexibility index (Phi) is 5.77. The van der Waals surface area contributed by atoms with Crippen molar-refractivity contribution in [3.8, 4) is 11.4 Å². The van der Waals surface area contributed by atoms with Gasteiger partial charge in [0.25, 0.3) is 10.0 Å². The molecule has 2 rings (SSSR count). The van der Waals surface area contributed by atoms with E-state index < -0.39 is 16.1 Å². The molecule has 0 aliphatic heterocycles. The van der Waals surface area contributed by atoms with Crippen LogP contribution in [0.15, 0.2) is 38.7 Å². The van der Waals surface area contributed by atoms with Crippen molar-refractivity contribution < 1.29 is 22.8 Å². The molecule has 12 heteroatoms. The fourth-order valence-corrected chi connectivity index (χ4v) is 3.41. The summed E-state index contributed by atoms with van der Waals surface area (Å²) in [7, 11) is -4.20. The molecule has 0 radical (unpaired) electrons. The van der Waals surface area contributed by atoms with E-state index in [0.717, 1.165) is 0 Å². The number of nitrogens with zero attached hydrogens (tertiary/aromatic N) is 4. The predicted molar refractivity (Wildman–Crippen MR) is 91.7 cm³/mol. The van der Waals surface area contributed by atoms with Gasteiger partial charge in [0.15, 0.2) is 5.96 Å². The molecule has 1 heterocycles. The van der Waals surface area contributed by atoms with Gasteiger partial charge < -0.3 is 21.1 Å². The highest BCUT2D eigenvalue weighted by molar-refractivity contribution is 7.89. The molecule has 1 aromatic carbocycles. The topological polar surface area (TPSA) is 178 Å². The zero-order valence-electron chi connectivity index (χ0n) is 13.9. The summed E-state index contributed by atoms with van der Waals surface area (Å²) in [6.07, 6.45) is -1.25. The molecule has 0 atom stereocenters. The van der Waals surface area contributed by atoms with E-state index in [1.54, 1.807) is 6.07 Å². The molecule has 0 spiro atoms. The zero-order chi connectivity index (χ0) is 19.3. The van der Waals surface area contributed by atoms with Crippen molar-refractivity contribution >= 4 is 22.1 Å². The second kappa shape index (κ2) is 7.82. The van der Waals surface area contributed by atoms with Crippen molar-refractivity contribution in [2.45, 2.75) is 18.2 Å². The third kappa shape index (κ3) is 4.27. The van der Waals surface area contributed by atoms with Crippen molar-refractivity contribution in [2.75, 3.05) is 13.1 Å². The van der Waals surface area contributed by atoms with Crippen LogP contribution in [0.5, 0.6) is 0 Å². The molecule has 0 fully saturated rings. The molecular weight excluding hydrogens is 364 g/mol. The van der Waals surface area contributed by atoms with Gasteiger partial charge in [-0.25, -0.2) is 17.5 Å². The molecule has 26 heavy (non-hydrogen) atoms. The fourth-order valence-electron chi connectivity index (χ4n) is 2.09. The minimum absolute atomic E-state index is 0.0541. The molecule has 0 saturated heterocycles. The van der Waals surface area contributed by atoms with Gasteiger partial charge >= 0.3 is 6.09 Å². The number of nitrogens with two attached hydrogens (primary N) is 2. The Bertz CT molecular complexity index is 919. The lowest BCUT2D eigenvalue weighted by Crippen LogP contribution is -2.35. The minimum Gasteiger partial charge on any atom is -0.464 e. The molecule has 5 N–H and O–H groups in total. The van der Waals surface area contributed by atoms with Gasteiger partial charge in [0, 0.05) is 18.5 Å². The van der Waals surface area contributed by atoms with Crippen LogP contribution >= 0.6 is 0 Å². The van der Waals surface area contributed by atoms with E-state index in [1.165, 1.54) is 25.1 Å². The lowest BCUT2D eigenvalue weighted by molar-refractivity contribution is 0.173. The summed E-state index contributed by atoms with van der Waals surface area (Å²) in [6.45, 7) is 1.49. The van der Waals surface area contributed by atoms with Crippen LogP contribution in [-0.4, -0.2) is 53.1 Å². The van der Waals surface area contributed by atoms with Gasteiger partial charge in [-0.05, 0) is 19.1 Å². The highest BCUT2D eigenvalue weighted by Crippen LogP contribution is 2.22. The smallest absolute Gasteiger partial charge is 0.421 e. The summed E-state index contributed by atoms with van der Waals surface area (Å²) >= 11 is 0. The lowest BCUT2D eigenvalue weighted by Gasteiger charge is -2.17. The highest BCUT2D eigenvalue weighted by Gasteiger charge is 2.28. The summed E-state index contributed by atoms with van der Waals surface area (Å²) in [4.78, 5) is 18.9. The van der Waals surface area contributed by atoms with Gasteiger partial charge in [-0.2, -0.15) is 4.98 Å². The number of benzene rings is 1. The fraction of sp³-hybridized carbons (Fsp3) is 0.286. The van der Waals surface area contributed by atoms with Crippen LogP contribution in [0.2, 0.25) is 0 Å². The SMILES string of the molecule is CCN(C(=O)O)S(=O)(=O)c1cccc(-c2noc(CCN=C(N)N)n2)c1. The van der Waals surface area contributed by atoms with Crippen molar-refractivity contribution in [1.82, 2.24) is 14.4 Å². The summed E-state index contributed by atoms with van der Waals surface area (Å²) in [5, 5.41) is 12.8. The molecule has 2 aromatic rings. The Hall–Kier alpha value is -3.15. The van der Waals surface area contributed by atoms with Gasteiger partial charge in [0.1, 0.15) is 0 Å². The first-order valence-corrected chi connectivity index (χ1v) is 8.93. The second-order valence-corrected chi connectivity index (χ2v) is 6.91. The summed E-state index contributed by atoms with van der Waals surface area (Å²) < 4.78 is 30.3. The van der Waals surface area contributed by atoms with E-state index in [1.807, 2.05) is 0 Å². The summed E-state index contributed by atoms with van der Waals surface area (Å²) in [5.74, 6) is 0.389. The third-order valence-corrected chi connectivity index (χ3v) is 5.11. The number of hydrogen-bond acceptors (Lipinski definition) is 7. The lowest BCUT2D eigenvalue weighted by atomic mass is 10.2. The Morgan fingerprint density at radius 1 is 1.38 bits per heavy atom. The van der Waals surface area contributed by atoms with E-state index in [-0.39, 0.29) is 35.7 Å². The Morgan fingerprint density at radius 2 is 2.12 bits per heavy atom. The van der Waals surface area contributed by atoms with Crippen molar-refractivity contribution in [2.24, 2.45) is 16.5 Å². The number of sulfonamides is 1. The zero-order valence-corrected chi connectivity index (χ0v) is 14.7. The van der Waals surface area contributed by atoms with E-state index in [9.17, 15) is 13.2 Å². The van der Waals surface area contributed by atoms with Crippen LogP contribution in [0.3, 0.4) is 0 Å². The van der Waals surface area contributed by atoms with Crippen LogP contribution in [0, 0.1) is 0 Å². The Balaban J connectivity index is 2.28. The standard InChI is InChI=1S/C14H18N6O5S/c1-2-20(14(21)22)26(23,24)10-5-3-4-9(8-10)12-18-11(25-19-12)6-7-17-13(15)16/h3-5,8H,2,6-7H2,1H3,(H,21,22)(H4,15,16,17). The summed E-state index contributed by atoms with van der Waals surface area (Å²) in [5.41, 5.74) is 10.8. The third-order valence-electron chi connectivity index (χ3n) is 3.27. The second-order valence-electron chi connectivity index (χ2n) is 5.05. The van der Waals surface area contributed by atoms with Crippen LogP contribution in [0.25, 0.3) is 11.4 Å². The molecule has 0 unspecified atom stereocenters. The molecule has 0 bridgehead atoms. The van der Waals surface area contributed by atoms with Gasteiger partial charge in [0.2, 0.25) is 11.7 Å². The molecule has 140 valence electrons. The Labute approximate surface area is 149 Å². The first kappa shape index (κ1) is 19.2. The molecule has 1 amide bonds. The van der Waals surface area contributed by atoms with Gasteiger partial charge in [-0.3, -0.25) is 4.99 Å².